The van der Waals surface area contributed by atoms with E-state index in [9.17, 15) is 0 Å². The molecule has 0 aliphatic heterocycles. The van der Waals surface area contributed by atoms with Crippen LogP contribution < -0.4 is 5.32 Å². The van der Waals surface area contributed by atoms with Crippen molar-refractivity contribution in [3.63, 3.8) is 0 Å². The van der Waals surface area contributed by atoms with Gasteiger partial charge in [0.25, 0.3) is 0 Å². The summed E-state index contributed by atoms with van der Waals surface area (Å²) in [5.41, 5.74) is 2.98. The normalized spacial score (nSPS) is 13.7. The third-order valence-electron chi connectivity index (χ3n) is 3.25. The van der Waals surface area contributed by atoms with Crippen LogP contribution in [0.1, 0.15) is 45.2 Å². The van der Waals surface area contributed by atoms with Crippen molar-refractivity contribution in [1.29, 1.82) is 0 Å². The fourth-order valence-corrected chi connectivity index (χ4v) is 1.95. The predicted molar refractivity (Wildman–Crippen MR) is 74.2 cm³/mol. The number of hydrogen-bond acceptors (Lipinski definition) is 2. The van der Waals surface area contributed by atoms with Gasteiger partial charge in [-0.05, 0) is 48.9 Å². The Kier molecular flexibility index (Phi) is 5.13. The van der Waals surface area contributed by atoms with E-state index >= 15 is 0 Å². The van der Waals surface area contributed by atoms with Gasteiger partial charge in [-0.3, -0.25) is 4.98 Å². The lowest BCUT2D eigenvalue weighted by Gasteiger charge is -2.32. The number of nitrogens with one attached hydrogen (secondary N) is 1. The summed E-state index contributed by atoms with van der Waals surface area (Å²) < 4.78 is 0. The molecule has 2 nitrogen and oxygen atoms in total. The zero-order valence-corrected chi connectivity index (χ0v) is 11.9. The number of aryl methyl sites for hydroxylation is 1. The first kappa shape index (κ1) is 14.2. The van der Waals surface area contributed by atoms with E-state index in [0.29, 0.717) is 6.04 Å². The molecule has 96 valence electrons. The third-order valence-corrected chi connectivity index (χ3v) is 3.25. The molecule has 0 radical (unpaired) electrons. The second-order valence-electron chi connectivity index (χ2n) is 5.88. The molecular weight excluding hydrogens is 208 g/mol. The van der Waals surface area contributed by atoms with Gasteiger partial charge in [-0.15, -0.1) is 0 Å². The van der Waals surface area contributed by atoms with E-state index in [4.69, 9.17) is 0 Å². The number of aromatic nitrogens is 1. The lowest BCUT2D eigenvalue weighted by atomic mass is 9.82. The van der Waals surface area contributed by atoms with E-state index in [-0.39, 0.29) is 5.41 Å². The largest absolute Gasteiger partial charge is 0.313 e. The quantitative estimate of drug-likeness (QED) is 0.845. The SMILES string of the molecule is CCCNC(Cc1ccncc1C)C(C)(C)C. The van der Waals surface area contributed by atoms with Crippen LogP contribution in [0.3, 0.4) is 0 Å². The summed E-state index contributed by atoms with van der Waals surface area (Å²) >= 11 is 0. The van der Waals surface area contributed by atoms with Crippen molar-refractivity contribution in [3.05, 3.63) is 29.6 Å². The number of nitrogens with zero attached hydrogens (tertiary/aromatic N) is 1. The maximum atomic E-state index is 4.16. The highest BCUT2D eigenvalue weighted by molar-refractivity contribution is 5.23. The minimum absolute atomic E-state index is 0.283. The first-order valence-electron chi connectivity index (χ1n) is 6.58. The van der Waals surface area contributed by atoms with Gasteiger partial charge in [0, 0.05) is 18.4 Å². The van der Waals surface area contributed by atoms with Crippen LogP contribution in [0.4, 0.5) is 0 Å². The molecule has 1 unspecified atom stereocenters. The number of pyridine rings is 1. The highest BCUT2D eigenvalue weighted by atomic mass is 14.9. The van der Waals surface area contributed by atoms with Gasteiger partial charge in [-0.2, -0.15) is 0 Å². The topological polar surface area (TPSA) is 24.9 Å². The molecular formula is C15H26N2. The second-order valence-corrected chi connectivity index (χ2v) is 5.88. The van der Waals surface area contributed by atoms with Gasteiger partial charge in [-0.25, -0.2) is 0 Å². The van der Waals surface area contributed by atoms with Gasteiger partial charge in [0.2, 0.25) is 0 Å². The zero-order chi connectivity index (χ0) is 12.9. The van der Waals surface area contributed by atoms with Crippen molar-refractivity contribution in [2.24, 2.45) is 5.41 Å². The Bertz CT molecular complexity index is 339. The Balaban J connectivity index is 2.76. The fraction of sp³-hybridized carbons (Fsp3) is 0.667. The van der Waals surface area contributed by atoms with E-state index < -0.39 is 0 Å². The molecule has 0 fully saturated rings. The summed E-state index contributed by atoms with van der Waals surface area (Å²) in [6.45, 7) is 12.4. The predicted octanol–water partition coefficient (Wildman–Crippen LogP) is 3.35. The first-order valence-corrected chi connectivity index (χ1v) is 6.58. The van der Waals surface area contributed by atoms with Crippen molar-refractivity contribution < 1.29 is 0 Å². The van der Waals surface area contributed by atoms with E-state index in [2.05, 4.69) is 51.0 Å². The summed E-state index contributed by atoms with van der Waals surface area (Å²) in [7, 11) is 0. The van der Waals surface area contributed by atoms with Gasteiger partial charge < -0.3 is 5.32 Å². The molecule has 0 aliphatic carbocycles. The first-order chi connectivity index (χ1) is 7.95. The maximum Gasteiger partial charge on any atom is 0.0299 e. The van der Waals surface area contributed by atoms with Crippen LogP contribution >= 0.6 is 0 Å². The van der Waals surface area contributed by atoms with E-state index in [1.807, 2.05) is 12.4 Å². The molecule has 0 aliphatic rings. The monoisotopic (exact) mass is 234 g/mol. The van der Waals surface area contributed by atoms with Gasteiger partial charge in [0.1, 0.15) is 0 Å². The molecule has 0 aromatic carbocycles. The van der Waals surface area contributed by atoms with Crippen LogP contribution in [0.25, 0.3) is 0 Å². The number of rotatable bonds is 5. The second kappa shape index (κ2) is 6.15. The van der Waals surface area contributed by atoms with Gasteiger partial charge in [0.05, 0.1) is 0 Å². The molecule has 0 amide bonds. The molecule has 0 bridgehead atoms. The van der Waals surface area contributed by atoms with Crippen molar-refractivity contribution in [2.75, 3.05) is 6.54 Å². The molecule has 1 N–H and O–H groups in total. The minimum atomic E-state index is 0.283. The molecule has 0 saturated carbocycles. The van der Waals surface area contributed by atoms with E-state index in [0.717, 1.165) is 13.0 Å². The highest BCUT2D eigenvalue weighted by Crippen LogP contribution is 2.23. The minimum Gasteiger partial charge on any atom is -0.313 e. The Labute approximate surface area is 106 Å². The Morgan fingerprint density at radius 1 is 1.35 bits per heavy atom. The molecule has 1 atom stereocenters. The van der Waals surface area contributed by atoms with Crippen LogP contribution in [0.5, 0.6) is 0 Å². The highest BCUT2D eigenvalue weighted by Gasteiger charge is 2.24. The molecule has 1 aromatic rings. The molecule has 2 heteroatoms. The van der Waals surface area contributed by atoms with E-state index in [1.54, 1.807) is 0 Å². The Hall–Kier alpha value is -0.890. The van der Waals surface area contributed by atoms with Crippen LogP contribution in [-0.2, 0) is 6.42 Å². The standard InChI is InChI=1S/C15H26N2/c1-6-8-17-14(15(3,4)5)10-13-7-9-16-11-12(13)2/h7,9,11,14,17H,6,8,10H2,1-5H3. The lowest BCUT2D eigenvalue weighted by molar-refractivity contribution is 0.266. The molecule has 0 saturated heterocycles. The smallest absolute Gasteiger partial charge is 0.0299 e. The van der Waals surface area contributed by atoms with Crippen molar-refractivity contribution >= 4 is 0 Å². The zero-order valence-electron chi connectivity index (χ0n) is 11.9. The van der Waals surface area contributed by atoms with Crippen LogP contribution in [0.2, 0.25) is 0 Å². The molecule has 0 spiro atoms. The number of hydrogen-bond donors (Lipinski definition) is 1. The summed E-state index contributed by atoms with van der Waals surface area (Å²) in [5.74, 6) is 0. The van der Waals surface area contributed by atoms with Gasteiger partial charge in [0.15, 0.2) is 0 Å². The molecule has 1 aromatic heterocycles. The van der Waals surface area contributed by atoms with Crippen molar-refractivity contribution in [3.8, 4) is 0 Å². The molecule has 17 heavy (non-hydrogen) atoms. The Morgan fingerprint density at radius 3 is 2.59 bits per heavy atom. The average molecular weight is 234 g/mol. The van der Waals surface area contributed by atoms with E-state index in [1.165, 1.54) is 17.5 Å². The van der Waals surface area contributed by atoms with Gasteiger partial charge >= 0.3 is 0 Å². The van der Waals surface area contributed by atoms with Crippen LogP contribution in [-0.4, -0.2) is 17.6 Å². The summed E-state index contributed by atoms with van der Waals surface area (Å²) in [6, 6.07) is 2.66. The van der Waals surface area contributed by atoms with Crippen LogP contribution in [0, 0.1) is 12.3 Å². The third kappa shape index (κ3) is 4.47. The summed E-state index contributed by atoms with van der Waals surface area (Å²) in [6.07, 6.45) is 6.11. The van der Waals surface area contributed by atoms with Crippen molar-refractivity contribution in [2.45, 2.75) is 53.5 Å². The van der Waals surface area contributed by atoms with Crippen molar-refractivity contribution in [1.82, 2.24) is 10.3 Å². The van der Waals surface area contributed by atoms with Gasteiger partial charge in [-0.1, -0.05) is 27.7 Å². The van der Waals surface area contributed by atoms with Crippen LogP contribution in [0.15, 0.2) is 18.5 Å². The Morgan fingerprint density at radius 2 is 2.06 bits per heavy atom. The maximum absolute atomic E-state index is 4.16. The molecule has 1 heterocycles. The fourth-order valence-electron chi connectivity index (χ4n) is 1.95. The average Bonchev–Trinajstić information content (AvgIpc) is 2.25. The summed E-state index contributed by atoms with van der Waals surface area (Å²) in [5, 5.41) is 3.66. The lowest BCUT2D eigenvalue weighted by Crippen LogP contribution is -2.42. The summed E-state index contributed by atoms with van der Waals surface area (Å²) in [4.78, 5) is 4.16. The molecule has 1 rings (SSSR count).